The molecule has 1 aromatic heterocycles. The zero-order valence-corrected chi connectivity index (χ0v) is 16.3. The van der Waals surface area contributed by atoms with E-state index >= 15 is 0 Å². The van der Waals surface area contributed by atoms with E-state index < -0.39 is 4.92 Å². The van der Waals surface area contributed by atoms with Gasteiger partial charge in [0.1, 0.15) is 5.75 Å². The molecule has 0 fully saturated rings. The molecule has 0 radical (unpaired) electrons. The molecular weight excluding hydrogens is 406 g/mol. The number of allylic oxidation sites excluding steroid dienone is 2. The van der Waals surface area contributed by atoms with Crippen molar-refractivity contribution in [1.29, 1.82) is 5.26 Å². The third-order valence-corrected chi connectivity index (χ3v) is 5.03. The molecule has 0 saturated heterocycles. The summed E-state index contributed by atoms with van der Waals surface area (Å²) in [6, 6.07) is 13.2. The fourth-order valence-corrected chi connectivity index (χ4v) is 3.51. The number of nitriles is 1. The van der Waals surface area contributed by atoms with Crippen LogP contribution in [-0.2, 0) is 6.42 Å². The molecule has 0 unspecified atom stereocenters. The van der Waals surface area contributed by atoms with Gasteiger partial charge in [-0.2, -0.15) is 10.2 Å². The van der Waals surface area contributed by atoms with E-state index in [-0.39, 0.29) is 11.6 Å². The Morgan fingerprint density at radius 1 is 1.20 bits per heavy atom. The lowest BCUT2D eigenvalue weighted by Gasteiger charge is -2.11. The monoisotopic (exact) mass is 419 g/mol. The van der Waals surface area contributed by atoms with Gasteiger partial charge in [-0.05, 0) is 47.7 Å². The molecule has 3 aromatic rings. The summed E-state index contributed by atoms with van der Waals surface area (Å²) in [6.45, 7) is 0. The number of hydrogen-bond acceptors (Lipinski definition) is 7. The average Bonchev–Trinajstić information content (AvgIpc) is 3.15. The Bertz CT molecular complexity index is 1200. The highest BCUT2D eigenvalue weighted by atomic mass is 35.5. The van der Waals surface area contributed by atoms with Crippen molar-refractivity contribution in [3.8, 4) is 17.7 Å². The van der Waals surface area contributed by atoms with Crippen molar-refractivity contribution in [2.45, 2.75) is 12.8 Å². The van der Waals surface area contributed by atoms with Gasteiger partial charge in [0, 0.05) is 36.2 Å². The lowest BCUT2D eigenvalue weighted by atomic mass is 10.1. The van der Waals surface area contributed by atoms with E-state index in [2.05, 4.69) is 21.4 Å². The Morgan fingerprint density at radius 2 is 2.00 bits per heavy atom. The smallest absolute Gasteiger partial charge is 0.269 e. The van der Waals surface area contributed by atoms with Gasteiger partial charge in [0.05, 0.1) is 16.0 Å². The first kappa shape index (κ1) is 19.4. The van der Waals surface area contributed by atoms with Gasteiger partial charge in [0.2, 0.25) is 11.8 Å². The molecule has 0 saturated carbocycles. The standard InChI is InChI=1S/C21H14ClN5O3/c22-20-17-6-1-13(9-11-23)16(17)7-8-18(20)30-19-10-12-24-21(26-19)25-14-2-4-15(5-3-14)27(28)29/h2-5,7-10,12H,1,6H2,(H,24,25,26)/b13-9-. The molecule has 1 N–H and O–H groups in total. The van der Waals surface area contributed by atoms with Crippen molar-refractivity contribution in [2.75, 3.05) is 5.32 Å². The SMILES string of the molecule is N#C/C=C1/CCc2c1ccc(Oc1ccnc(Nc3ccc([N+](=O)[O-])cc3)n1)c2Cl. The number of non-ortho nitro benzene ring substituents is 1. The maximum Gasteiger partial charge on any atom is 0.269 e. The highest BCUT2D eigenvalue weighted by molar-refractivity contribution is 6.33. The second-order valence-electron chi connectivity index (χ2n) is 6.45. The predicted octanol–water partition coefficient (Wildman–Crippen LogP) is 5.43. The van der Waals surface area contributed by atoms with Crippen LogP contribution in [-0.4, -0.2) is 14.9 Å². The van der Waals surface area contributed by atoms with E-state index in [1.165, 1.54) is 18.3 Å². The summed E-state index contributed by atoms with van der Waals surface area (Å²) in [5, 5.41) is 23.1. The molecule has 1 aliphatic carbocycles. The average molecular weight is 420 g/mol. The lowest BCUT2D eigenvalue weighted by Crippen LogP contribution is -1.99. The molecule has 4 rings (SSSR count). The van der Waals surface area contributed by atoms with Crippen molar-refractivity contribution in [1.82, 2.24) is 9.97 Å². The number of nitro groups is 1. The quantitative estimate of drug-likeness (QED) is 0.333. The second kappa shape index (κ2) is 8.19. The first-order chi connectivity index (χ1) is 14.5. The maximum atomic E-state index is 10.8. The normalized spacial score (nSPS) is 13.5. The summed E-state index contributed by atoms with van der Waals surface area (Å²) in [4.78, 5) is 18.7. The first-order valence-electron chi connectivity index (χ1n) is 8.98. The second-order valence-corrected chi connectivity index (χ2v) is 6.83. The number of rotatable bonds is 5. The Morgan fingerprint density at radius 3 is 2.73 bits per heavy atom. The Labute approximate surface area is 176 Å². The maximum absolute atomic E-state index is 10.8. The van der Waals surface area contributed by atoms with Gasteiger partial charge in [0.25, 0.3) is 5.69 Å². The molecule has 9 heteroatoms. The van der Waals surface area contributed by atoms with Gasteiger partial charge in [-0.25, -0.2) is 4.98 Å². The van der Waals surface area contributed by atoms with E-state index in [1.807, 2.05) is 6.07 Å². The summed E-state index contributed by atoms with van der Waals surface area (Å²) in [5.74, 6) is 1.04. The van der Waals surface area contributed by atoms with E-state index in [9.17, 15) is 10.1 Å². The molecule has 8 nitrogen and oxygen atoms in total. The number of benzene rings is 2. The van der Waals surface area contributed by atoms with Crippen molar-refractivity contribution in [2.24, 2.45) is 0 Å². The van der Waals surface area contributed by atoms with Crippen LogP contribution in [0, 0.1) is 21.4 Å². The number of aromatic nitrogens is 2. The molecular formula is C21H14ClN5O3. The Hall–Kier alpha value is -3.96. The summed E-state index contributed by atoms with van der Waals surface area (Å²) >= 11 is 6.53. The van der Waals surface area contributed by atoms with E-state index in [1.54, 1.807) is 30.3 Å². The van der Waals surface area contributed by atoms with E-state index in [0.717, 1.165) is 29.5 Å². The fourth-order valence-electron chi connectivity index (χ4n) is 3.21. The molecule has 2 aromatic carbocycles. The van der Waals surface area contributed by atoms with Crippen LogP contribution in [0.3, 0.4) is 0 Å². The van der Waals surface area contributed by atoms with Crippen LogP contribution in [0.4, 0.5) is 17.3 Å². The molecule has 0 bridgehead atoms. The van der Waals surface area contributed by atoms with Crippen molar-refractivity contribution in [3.63, 3.8) is 0 Å². The predicted molar refractivity (Wildman–Crippen MR) is 112 cm³/mol. The minimum Gasteiger partial charge on any atom is -0.437 e. The number of anilines is 2. The van der Waals surface area contributed by atoms with Crippen LogP contribution in [0.25, 0.3) is 5.57 Å². The van der Waals surface area contributed by atoms with Crippen molar-refractivity contribution in [3.05, 3.63) is 81.0 Å². The van der Waals surface area contributed by atoms with Crippen LogP contribution in [0.1, 0.15) is 17.5 Å². The first-order valence-corrected chi connectivity index (χ1v) is 9.36. The van der Waals surface area contributed by atoms with Gasteiger partial charge < -0.3 is 10.1 Å². The Balaban J connectivity index is 1.53. The van der Waals surface area contributed by atoms with Crippen LogP contribution in [0.2, 0.25) is 5.02 Å². The molecule has 0 aliphatic heterocycles. The van der Waals surface area contributed by atoms with E-state index in [0.29, 0.717) is 22.3 Å². The molecule has 1 heterocycles. The molecule has 0 atom stereocenters. The molecule has 30 heavy (non-hydrogen) atoms. The largest absolute Gasteiger partial charge is 0.437 e. The number of fused-ring (bicyclic) bond motifs is 1. The minimum atomic E-state index is -0.464. The van der Waals surface area contributed by atoms with Crippen LogP contribution >= 0.6 is 11.6 Å². The molecule has 1 aliphatic rings. The van der Waals surface area contributed by atoms with Crippen LogP contribution in [0.15, 0.2) is 54.7 Å². The van der Waals surface area contributed by atoms with Gasteiger partial charge in [-0.15, -0.1) is 0 Å². The minimum absolute atomic E-state index is 0.00224. The zero-order valence-electron chi connectivity index (χ0n) is 15.5. The number of hydrogen-bond donors (Lipinski definition) is 1. The highest BCUT2D eigenvalue weighted by Crippen LogP contribution is 2.42. The zero-order chi connectivity index (χ0) is 21.1. The molecule has 148 valence electrons. The van der Waals surface area contributed by atoms with Gasteiger partial charge >= 0.3 is 0 Å². The lowest BCUT2D eigenvalue weighted by molar-refractivity contribution is -0.384. The Kier molecular flexibility index (Phi) is 5.28. The summed E-state index contributed by atoms with van der Waals surface area (Å²) in [6.07, 6.45) is 4.59. The summed E-state index contributed by atoms with van der Waals surface area (Å²) in [7, 11) is 0. The number of halogens is 1. The molecule has 0 amide bonds. The van der Waals surface area contributed by atoms with Crippen LogP contribution in [0.5, 0.6) is 11.6 Å². The molecule has 0 spiro atoms. The van der Waals surface area contributed by atoms with Crippen molar-refractivity contribution < 1.29 is 9.66 Å². The summed E-state index contributed by atoms with van der Waals surface area (Å²) < 4.78 is 5.86. The van der Waals surface area contributed by atoms with Gasteiger partial charge in [-0.3, -0.25) is 10.1 Å². The number of nitro benzene ring substituents is 1. The van der Waals surface area contributed by atoms with Crippen molar-refractivity contribution >= 4 is 34.5 Å². The third-order valence-electron chi connectivity index (χ3n) is 4.62. The third kappa shape index (κ3) is 3.92. The topological polar surface area (TPSA) is 114 Å². The number of ether oxygens (including phenoxy) is 1. The van der Waals surface area contributed by atoms with Gasteiger partial charge in [-0.1, -0.05) is 17.7 Å². The highest BCUT2D eigenvalue weighted by Gasteiger charge is 2.22. The number of nitrogens with one attached hydrogen (secondary N) is 1. The van der Waals surface area contributed by atoms with Crippen LogP contribution < -0.4 is 10.1 Å². The number of nitrogens with zero attached hydrogens (tertiary/aromatic N) is 4. The summed E-state index contributed by atoms with van der Waals surface area (Å²) in [5.41, 5.74) is 3.49. The fraction of sp³-hybridized carbons (Fsp3) is 0.0952. The van der Waals surface area contributed by atoms with E-state index in [4.69, 9.17) is 21.6 Å². The van der Waals surface area contributed by atoms with Gasteiger partial charge in [0.15, 0.2) is 0 Å².